The van der Waals surface area contributed by atoms with E-state index in [1.807, 2.05) is 6.07 Å². The quantitative estimate of drug-likeness (QED) is 0.814. The van der Waals surface area contributed by atoms with E-state index in [0.29, 0.717) is 16.4 Å². The minimum atomic E-state index is -0.527. The monoisotopic (exact) mass is 307 g/mol. The smallest absolute Gasteiger partial charge is 0.351 e. The fourth-order valence-corrected chi connectivity index (χ4v) is 2.79. The Morgan fingerprint density at radius 3 is 2.85 bits per heavy atom. The Labute approximate surface area is 125 Å². The van der Waals surface area contributed by atoms with Gasteiger partial charge in [0.1, 0.15) is 6.07 Å². The molecule has 0 amide bonds. The Hall–Kier alpha value is -2.10. The second kappa shape index (κ2) is 5.90. The van der Waals surface area contributed by atoms with E-state index in [0.717, 1.165) is 11.3 Å². The van der Waals surface area contributed by atoms with Crippen LogP contribution >= 0.6 is 22.9 Å². The van der Waals surface area contributed by atoms with Gasteiger partial charge in [0.25, 0.3) is 0 Å². The van der Waals surface area contributed by atoms with Gasteiger partial charge in [-0.1, -0.05) is 35.1 Å². The summed E-state index contributed by atoms with van der Waals surface area (Å²) in [6.07, 6.45) is 0. The van der Waals surface area contributed by atoms with Crippen molar-refractivity contribution < 1.29 is 9.53 Å². The van der Waals surface area contributed by atoms with Gasteiger partial charge in [-0.3, -0.25) is 0 Å². The third kappa shape index (κ3) is 2.59. The highest BCUT2D eigenvalue weighted by Crippen LogP contribution is 2.34. The van der Waals surface area contributed by atoms with Crippen molar-refractivity contribution in [3.05, 3.63) is 39.9 Å². The summed E-state index contributed by atoms with van der Waals surface area (Å²) in [6.45, 7) is 0. The molecule has 20 heavy (non-hydrogen) atoms. The normalized spacial score (nSPS) is 9.90. The lowest BCUT2D eigenvalue weighted by Crippen LogP contribution is -2.10. The number of carbonyl (C=O) groups excluding carboxylic acids is 1. The average Bonchev–Trinajstić information content (AvgIpc) is 2.87. The van der Waals surface area contributed by atoms with Crippen molar-refractivity contribution in [2.24, 2.45) is 0 Å². The molecule has 0 atom stereocenters. The number of benzene rings is 1. The number of hydrogen-bond donors (Lipinski definition) is 0. The van der Waals surface area contributed by atoms with Crippen molar-refractivity contribution in [2.75, 3.05) is 19.1 Å². The molecule has 0 spiro atoms. The molecule has 2 aromatic rings. The molecule has 0 radical (unpaired) electrons. The van der Waals surface area contributed by atoms with Crippen molar-refractivity contribution in [1.82, 2.24) is 4.98 Å². The molecule has 0 aliphatic rings. The number of anilines is 2. The number of hydrogen-bond acceptors (Lipinski definition) is 6. The fraction of sp³-hybridized carbons (Fsp3) is 0.154. The van der Waals surface area contributed by atoms with Crippen molar-refractivity contribution in [3.63, 3.8) is 0 Å². The van der Waals surface area contributed by atoms with Gasteiger partial charge in [-0.25, -0.2) is 9.78 Å². The molecule has 102 valence electrons. The zero-order chi connectivity index (χ0) is 14.7. The van der Waals surface area contributed by atoms with Gasteiger partial charge in [0, 0.05) is 7.05 Å². The minimum Gasteiger partial charge on any atom is -0.465 e. The van der Waals surface area contributed by atoms with E-state index < -0.39 is 5.97 Å². The Morgan fingerprint density at radius 2 is 2.20 bits per heavy atom. The molecule has 2 rings (SSSR count). The van der Waals surface area contributed by atoms with Crippen LogP contribution in [0.25, 0.3) is 0 Å². The maximum absolute atomic E-state index is 11.5. The summed E-state index contributed by atoms with van der Waals surface area (Å²) < 4.78 is 4.64. The molecule has 5 nitrogen and oxygen atoms in total. The van der Waals surface area contributed by atoms with Gasteiger partial charge >= 0.3 is 5.97 Å². The van der Waals surface area contributed by atoms with Gasteiger partial charge < -0.3 is 9.64 Å². The molecule has 0 unspecified atom stereocenters. The second-order valence-electron chi connectivity index (χ2n) is 3.80. The first-order chi connectivity index (χ1) is 9.58. The van der Waals surface area contributed by atoms with Crippen LogP contribution in [0.1, 0.15) is 15.2 Å². The van der Waals surface area contributed by atoms with E-state index in [1.165, 1.54) is 7.11 Å². The molecule has 0 saturated heterocycles. The SMILES string of the molecule is COC(=O)c1sc(N(C)c2ccccc2C#N)nc1Cl. The van der Waals surface area contributed by atoms with E-state index in [4.69, 9.17) is 16.9 Å². The molecule has 0 saturated carbocycles. The Bertz CT molecular complexity index is 693. The molecule has 0 aliphatic heterocycles. The highest BCUT2D eigenvalue weighted by atomic mass is 35.5. The first-order valence-electron chi connectivity index (χ1n) is 5.56. The lowest BCUT2D eigenvalue weighted by atomic mass is 10.2. The maximum Gasteiger partial charge on any atom is 0.351 e. The van der Waals surface area contributed by atoms with Gasteiger partial charge in [0.05, 0.1) is 18.4 Å². The summed E-state index contributed by atoms with van der Waals surface area (Å²) in [5.41, 5.74) is 1.21. The van der Waals surface area contributed by atoms with Crippen LogP contribution in [0.2, 0.25) is 5.15 Å². The third-order valence-corrected chi connectivity index (χ3v) is 4.12. The third-order valence-electron chi connectivity index (χ3n) is 2.62. The molecule has 0 bridgehead atoms. The number of methoxy groups -OCH3 is 1. The summed E-state index contributed by atoms with van der Waals surface area (Å²) >= 11 is 7.04. The predicted molar refractivity (Wildman–Crippen MR) is 77.7 cm³/mol. The summed E-state index contributed by atoms with van der Waals surface area (Å²) in [7, 11) is 3.04. The molecule has 7 heteroatoms. The second-order valence-corrected chi connectivity index (χ2v) is 5.13. The van der Waals surface area contributed by atoms with Crippen molar-refractivity contribution in [2.45, 2.75) is 0 Å². The van der Waals surface area contributed by atoms with Gasteiger partial charge in [0.15, 0.2) is 15.2 Å². The predicted octanol–water partition coefficient (Wildman–Crippen LogP) is 3.22. The van der Waals surface area contributed by atoms with E-state index >= 15 is 0 Å². The van der Waals surface area contributed by atoms with Gasteiger partial charge in [-0.05, 0) is 12.1 Å². The molecular formula is C13H10ClN3O2S. The highest BCUT2D eigenvalue weighted by Gasteiger charge is 2.20. The highest BCUT2D eigenvalue weighted by molar-refractivity contribution is 7.18. The van der Waals surface area contributed by atoms with E-state index in [2.05, 4.69) is 15.8 Å². The maximum atomic E-state index is 11.5. The Balaban J connectivity index is 2.42. The standard InChI is InChI=1S/C13H10ClN3O2S/c1-17(9-6-4-3-5-8(9)7-15)13-16-11(14)10(20-13)12(18)19-2/h3-6H,1-2H3. The first kappa shape index (κ1) is 14.3. The zero-order valence-electron chi connectivity index (χ0n) is 10.8. The summed E-state index contributed by atoms with van der Waals surface area (Å²) in [6, 6.07) is 9.22. The fourth-order valence-electron chi connectivity index (χ4n) is 1.62. The lowest BCUT2D eigenvalue weighted by molar-refractivity contribution is 0.0606. The molecule has 1 heterocycles. The van der Waals surface area contributed by atoms with Gasteiger partial charge in [-0.2, -0.15) is 5.26 Å². The number of halogens is 1. The minimum absolute atomic E-state index is 0.0955. The summed E-state index contributed by atoms with van der Waals surface area (Å²) in [5, 5.41) is 9.71. The lowest BCUT2D eigenvalue weighted by Gasteiger charge is -2.16. The van der Waals surface area contributed by atoms with E-state index in [1.54, 1.807) is 30.1 Å². The van der Waals surface area contributed by atoms with Crippen LogP contribution in [0, 0.1) is 11.3 Å². The largest absolute Gasteiger partial charge is 0.465 e. The van der Waals surface area contributed by atoms with Crippen LogP contribution in [-0.2, 0) is 4.74 Å². The van der Waals surface area contributed by atoms with Gasteiger partial charge in [-0.15, -0.1) is 0 Å². The number of nitrogens with zero attached hydrogens (tertiary/aromatic N) is 3. The molecule has 0 aliphatic carbocycles. The number of nitriles is 1. The summed E-state index contributed by atoms with van der Waals surface area (Å²) in [4.78, 5) is 17.6. The van der Waals surface area contributed by atoms with E-state index in [9.17, 15) is 4.79 Å². The van der Waals surface area contributed by atoms with Crippen LogP contribution in [0.3, 0.4) is 0 Å². The van der Waals surface area contributed by atoms with Crippen molar-refractivity contribution >= 4 is 39.7 Å². The molecule has 0 N–H and O–H groups in total. The summed E-state index contributed by atoms with van der Waals surface area (Å²) in [5.74, 6) is -0.527. The number of ether oxygens (including phenoxy) is 1. The Morgan fingerprint density at radius 1 is 1.50 bits per heavy atom. The number of aromatic nitrogens is 1. The van der Waals surface area contributed by atoms with Crippen molar-refractivity contribution in [3.8, 4) is 6.07 Å². The van der Waals surface area contributed by atoms with Crippen LogP contribution < -0.4 is 4.90 Å². The van der Waals surface area contributed by atoms with E-state index in [-0.39, 0.29) is 10.0 Å². The first-order valence-corrected chi connectivity index (χ1v) is 6.75. The molecule has 1 aromatic heterocycles. The number of carbonyl (C=O) groups is 1. The van der Waals surface area contributed by atoms with Crippen LogP contribution in [0.4, 0.5) is 10.8 Å². The van der Waals surface area contributed by atoms with Crippen molar-refractivity contribution in [1.29, 1.82) is 5.26 Å². The molecule has 1 aromatic carbocycles. The topological polar surface area (TPSA) is 66.2 Å². The number of rotatable bonds is 3. The molecular weight excluding hydrogens is 298 g/mol. The van der Waals surface area contributed by atoms with Crippen LogP contribution in [-0.4, -0.2) is 25.1 Å². The Kier molecular flexibility index (Phi) is 4.23. The zero-order valence-corrected chi connectivity index (χ0v) is 12.3. The van der Waals surface area contributed by atoms with Gasteiger partial charge in [0.2, 0.25) is 0 Å². The number of esters is 1. The average molecular weight is 308 g/mol. The van der Waals surface area contributed by atoms with Crippen LogP contribution in [0.5, 0.6) is 0 Å². The number of thiazole rings is 1. The molecule has 0 fully saturated rings. The van der Waals surface area contributed by atoms with Crippen LogP contribution in [0.15, 0.2) is 24.3 Å². The number of para-hydroxylation sites is 1.